The van der Waals surface area contributed by atoms with Crippen molar-refractivity contribution in [1.29, 1.82) is 0 Å². The Kier molecular flexibility index (Phi) is 2.87. The smallest absolute Gasteiger partial charge is 0.325 e. The molecule has 2 rings (SSSR count). The van der Waals surface area contributed by atoms with Gasteiger partial charge in [-0.2, -0.15) is 0 Å². The predicted molar refractivity (Wildman–Crippen MR) is 62.5 cm³/mol. The average Bonchev–Trinajstić information content (AvgIpc) is 2.31. The van der Waals surface area contributed by atoms with Crippen LogP contribution < -0.4 is 11.2 Å². The minimum absolute atomic E-state index is 0.306. The zero-order valence-electron chi connectivity index (χ0n) is 8.68. The maximum absolute atomic E-state index is 11.6. The van der Waals surface area contributed by atoms with Crippen LogP contribution in [0.2, 0.25) is 0 Å². The fourth-order valence-corrected chi connectivity index (χ4v) is 1.53. The number of aromatic nitrogens is 2. The van der Waals surface area contributed by atoms with Gasteiger partial charge in [-0.15, -0.1) is 0 Å². The van der Waals surface area contributed by atoms with Crippen LogP contribution in [0.3, 0.4) is 0 Å². The first-order valence-corrected chi connectivity index (χ1v) is 4.81. The van der Waals surface area contributed by atoms with E-state index in [-0.39, 0.29) is 0 Å². The van der Waals surface area contributed by atoms with Crippen molar-refractivity contribution in [1.82, 2.24) is 9.97 Å². The van der Waals surface area contributed by atoms with Crippen LogP contribution >= 0.6 is 0 Å². The SMILES string of the molecule is O=c1[nH]cc(-c2ccccc2C=NO)c(=O)[nH]1. The molecule has 0 aliphatic heterocycles. The lowest BCUT2D eigenvalue weighted by Crippen LogP contribution is -2.22. The summed E-state index contributed by atoms with van der Waals surface area (Å²) >= 11 is 0. The number of benzene rings is 1. The lowest BCUT2D eigenvalue weighted by atomic mass is 10.0. The second-order valence-corrected chi connectivity index (χ2v) is 3.32. The Morgan fingerprint density at radius 2 is 1.94 bits per heavy atom. The Hall–Kier alpha value is -2.63. The Bertz CT molecular complexity index is 670. The molecule has 0 fully saturated rings. The quantitative estimate of drug-likeness (QED) is 0.399. The van der Waals surface area contributed by atoms with E-state index in [0.717, 1.165) is 0 Å². The van der Waals surface area contributed by atoms with Crippen molar-refractivity contribution in [2.75, 3.05) is 0 Å². The number of hydrogen-bond acceptors (Lipinski definition) is 4. The molecule has 0 unspecified atom stereocenters. The summed E-state index contributed by atoms with van der Waals surface area (Å²) in [5.41, 5.74) is 0.398. The van der Waals surface area contributed by atoms with E-state index in [1.807, 2.05) is 0 Å². The summed E-state index contributed by atoms with van der Waals surface area (Å²) < 4.78 is 0. The second kappa shape index (κ2) is 4.48. The van der Waals surface area contributed by atoms with E-state index in [4.69, 9.17) is 5.21 Å². The number of aromatic amines is 2. The zero-order valence-corrected chi connectivity index (χ0v) is 8.68. The summed E-state index contributed by atoms with van der Waals surface area (Å²) in [6.45, 7) is 0. The third kappa shape index (κ3) is 2.15. The average molecular weight is 231 g/mol. The van der Waals surface area contributed by atoms with Crippen LogP contribution in [-0.2, 0) is 0 Å². The number of nitrogens with one attached hydrogen (secondary N) is 2. The van der Waals surface area contributed by atoms with E-state index < -0.39 is 11.2 Å². The molecule has 0 aliphatic rings. The van der Waals surface area contributed by atoms with Gasteiger partial charge >= 0.3 is 5.69 Å². The molecule has 0 spiro atoms. The number of hydrogen-bond donors (Lipinski definition) is 3. The summed E-state index contributed by atoms with van der Waals surface area (Å²) in [4.78, 5) is 27.0. The molecule has 0 amide bonds. The molecule has 0 atom stereocenters. The van der Waals surface area contributed by atoms with E-state index in [0.29, 0.717) is 16.7 Å². The minimum atomic E-state index is -0.563. The summed E-state index contributed by atoms with van der Waals surface area (Å²) in [6, 6.07) is 6.88. The third-order valence-electron chi connectivity index (χ3n) is 2.27. The predicted octanol–water partition coefficient (Wildman–Crippen LogP) is 0.538. The van der Waals surface area contributed by atoms with Gasteiger partial charge in [0.2, 0.25) is 0 Å². The van der Waals surface area contributed by atoms with Crippen molar-refractivity contribution < 1.29 is 5.21 Å². The molecule has 1 heterocycles. The molecule has 2 aromatic rings. The highest BCUT2D eigenvalue weighted by molar-refractivity contribution is 5.89. The van der Waals surface area contributed by atoms with Crippen molar-refractivity contribution >= 4 is 6.21 Å². The molecule has 1 aromatic heterocycles. The number of nitrogens with zero attached hydrogens (tertiary/aromatic N) is 1. The largest absolute Gasteiger partial charge is 0.411 e. The van der Waals surface area contributed by atoms with Gasteiger partial charge in [-0.1, -0.05) is 29.4 Å². The molecule has 86 valence electrons. The van der Waals surface area contributed by atoms with Crippen molar-refractivity contribution in [3.8, 4) is 11.1 Å². The third-order valence-corrected chi connectivity index (χ3v) is 2.27. The molecule has 0 saturated heterocycles. The molecule has 1 aromatic carbocycles. The van der Waals surface area contributed by atoms with Crippen molar-refractivity contribution in [3.05, 3.63) is 56.9 Å². The van der Waals surface area contributed by atoms with Gasteiger partial charge in [0.25, 0.3) is 5.56 Å². The Labute approximate surface area is 95.3 Å². The van der Waals surface area contributed by atoms with Gasteiger partial charge < -0.3 is 10.2 Å². The Morgan fingerprint density at radius 1 is 1.18 bits per heavy atom. The number of oxime groups is 1. The van der Waals surface area contributed by atoms with Crippen LogP contribution in [-0.4, -0.2) is 21.4 Å². The first-order chi connectivity index (χ1) is 8.22. The first kappa shape index (κ1) is 10.9. The van der Waals surface area contributed by atoms with Crippen LogP contribution in [0.4, 0.5) is 0 Å². The summed E-state index contributed by atoms with van der Waals surface area (Å²) in [6.07, 6.45) is 2.55. The van der Waals surface area contributed by atoms with Crippen LogP contribution in [0, 0.1) is 0 Å². The van der Waals surface area contributed by atoms with Gasteiger partial charge in [-0.3, -0.25) is 9.78 Å². The van der Waals surface area contributed by atoms with Gasteiger partial charge in [0.05, 0.1) is 11.8 Å². The molecule has 6 heteroatoms. The highest BCUT2D eigenvalue weighted by Gasteiger charge is 2.07. The van der Waals surface area contributed by atoms with Gasteiger partial charge in [0.15, 0.2) is 0 Å². The second-order valence-electron chi connectivity index (χ2n) is 3.32. The molecule has 0 aliphatic carbocycles. The van der Waals surface area contributed by atoms with Crippen LogP contribution in [0.5, 0.6) is 0 Å². The summed E-state index contributed by atoms with van der Waals surface area (Å²) in [7, 11) is 0. The van der Waals surface area contributed by atoms with Crippen LogP contribution in [0.15, 0.2) is 45.2 Å². The van der Waals surface area contributed by atoms with Gasteiger partial charge in [0, 0.05) is 11.8 Å². The highest BCUT2D eigenvalue weighted by atomic mass is 16.4. The molecule has 6 nitrogen and oxygen atoms in total. The van der Waals surface area contributed by atoms with Gasteiger partial charge in [-0.05, 0) is 5.56 Å². The van der Waals surface area contributed by atoms with E-state index in [2.05, 4.69) is 15.1 Å². The highest BCUT2D eigenvalue weighted by Crippen LogP contribution is 2.17. The fraction of sp³-hybridized carbons (Fsp3) is 0. The molecule has 3 N–H and O–H groups in total. The molecule has 17 heavy (non-hydrogen) atoms. The molecule has 0 radical (unpaired) electrons. The Balaban J connectivity index is 2.68. The van der Waals surface area contributed by atoms with Crippen molar-refractivity contribution in [3.63, 3.8) is 0 Å². The maximum atomic E-state index is 11.6. The maximum Gasteiger partial charge on any atom is 0.325 e. The molecule has 0 bridgehead atoms. The fourth-order valence-electron chi connectivity index (χ4n) is 1.53. The van der Waals surface area contributed by atoms with E-state index in [9.17, 15) is 9.59 Å². The van der Waals surface area contributed by atoms with Crippen molar-refractivity contribution in [2.45, 2.75) is 0 Å². The minimum Gasteiger partial charge on any atom is -0.411 e. The van der Waals surface area contributed by atoms with Gasteiger partial charge in [-0.25, -0.2) is 4.79 Å². The van der Waals surface area contributed by atoms with Crippen LogP contribution in [0.25, 0.3) is 11.1 Å². The molecular weight excluding hydrogens is 222 g/mol. The summed E-state index contributed by atoms with van der Waals surface area (Å²) in [5.74, 6) is 0. The van der Waals surface area contributed by atoms with Crippen molar-refractivity contribution in [2.24, 2.45) is 5.16 Å². The number of rotatable bonds is 2. The monoisotopic (exact) mass is 231 g/mol. The van der Waals surface area contributed by atoms with E-state index in [1.165, 1.54) is 12.4 Å². The Morgan fingerprint density at radius 3 is 2.65 bits per heavy atom. The van der Waals surface area contributed by atoms with E-state index in [1.54, 1.807) is 24.3 Å². The zero-order chi connectivity index (χ0) is 12.3. The molecule has 0 saturated carbocycles. The van der Waals surface area contributed by atoms with E-state index >= 15 is 0 Å². The number of H-pyrrole nitrogens is 2. The lowest BCUT2D eigenvalue weighted by molar-refractivity contribution is 0.322. The van der Waals surface area contributed by atoms with Crippen LogP contribution in [0.1, 0.15) is 5.56 Å². The first-order valence-electron chi connectivity index (χ1n) is 4.81. The lowest BCUT2D eigenvalue weighted by Gasteiger charge is -2.03. The van der Waals surface area contributed by atoms with Gasteiger partial charge in [0.1, 0.15) is 0 Å². The summed E-state index contributed by atoms with van der Waals surface area (Å²) in [5, 5.41) is 11.5. The molecular formula is C11H9N3O3. The normalized spacial score (nSPS) is 10.8. The topological polar surface area (TPSA) is 98.3 Å². The standard InChI is InChI=1S/C11H9N3O3/c15-10-9(6-12-11(16)14-10)8-4-2-1-3-7(8)5-13-17/h1-6,17H,(H2,12,14,15,16).